The van der Waals surface area contributed by atoms with Gasteiger partial charge in [-0.1, -0.05) is 24.3 Å². The second-order valence-electron chi connectivity index (χ2n) is 5.42. The molecule has 2 N–H and O–H groups in total. The summed E-state index contributed by atoms with van der Waals surface area (Å²) in [5.74, 6) is 0.256. The lowest BCUT2D eigenvalue weighted by atomic mass is 10.0. The second-order valence-corrected chi connectivity index (χ2v) is 5.42. The van der Waals surface area contributed by atoms with E-state index in [1.54, 1.807) is 0 Å². The summed E-state index contributed by atoms with van der Waals surface area (Å²) in [7, 11) is 0. The Labute approximate surface area is 112 Å². The fraction of sp³-hybridized carbons (Fsp3) is 0.467. The van der Waals surface area contributed by atoms with Crippen LogP contribution in [0.1, 0.15) is 24.0 Å². The Balaban J connectivity index is 1.56. The van der Waals surface area contributed by atoms with E-state index in [0.717, 1.165) is 19.3 Å². The van der Waals surface area contributed by atoms with Crippen molar-refractivity contribution in [1.82, 2.24) is 10.6 Å². The van der Waals surface area contributed by atoms with Gasteiger partial charge in [0.15, 0.2) is 0 Å². The molecular weight excluding hydrogens is 240 g/mol. The van der Waals surface area contributed by atoms with Crippen LogP contribution in [0.2, 0.25) is 0 Å². The fourth-order valence-corrected chi connectivity index (χ4v) is 2.92. The molecule has 1 aromatic rings. The lowest BCUT2D eigenvalue weighted by molar-refractivity contribution is -0.127. The van der Waals surface area contributed by atoms with Gasteiger partial charge >= 0.3 is 0 Å². The van der Waals surface area contributed by atoms with E-state index in [2.05, 4.69) is 22.8 Å². The fourth-order valence-electron chi connectivity index (χ4n) is 2.92. The Hall–Kier alpha value is -1.84. The molecule has 2 amide bonds. The van der Waals surface area contributed by atoms with Crippen LogP contribution in [0.5, 0.6) is 0 Å². The first-order valence-electron chi connectivity index (χ1n) is 6.86. The molecule has 4 nitrogen and oxygen atoms in total. The van der Waals surface area contributed by atoms with Crippen LogP contribution in [-0.4, -0.2) is 24.4 Å². The lowest BCUT2D eigenvalue weighted by Crippen LogP contribution is -2.49. The zero-order valence-corrected chi connectivity index (χ0v) is 10.8. The number of piperidine rings is 1. The molecule has 0 bridgehead atoms. The highest BCUT2D eigenvalue weighted by Gasteiger charge is 2.29. The Morgan fingerprint density at radius 1 is 1.21 bits per heavy atom. The van der Waals surface area contributed by atoms with Crippen molar-refractivity contribution < 1.29 is 9.59 Å². The van der Waals surface area contributed by atoms with E-state index >= 15 is 0 Å². The number of fused-ring (bicyclic) bond motifs is 1. The molecule has 0 radical (unpaired) electrons. The van der Waals surface area contributed by atoms with Gasteiger partial charge in [0.1, 0.15) is 0 Å². The molecule has 1 saturated heterocycles. The van der Waals surface area contributed by atoms with E-state index < -0.39 is 0 Å². The molecule has 0 aromatic heterocycles. The number of benzene rings is 1. The van der Waals surface area contributed by atoms with Crippen molar-refractivity contribution in [2.45, 2.75) is 31.7 Å². The number of nitrogens with one attached hydrogen (secondary N) is 2. The summed E-state index contributed by atoms with van der Waals surface area (Å²) in [5, 5.41) is 5.85. The van der Waals surface area contributed by atoms with Crippen molar-refractivity contribution in [1.29, 1.82) is 0 Å². The average molecular weight is 258 g/mol. The van der Waals surface area contributed by atoms with Crippen molar-refractivity contribution in [3.63, 3.8) is 0 Å². The number of amides is 2. The van der Waals surface area contributed by atoms with Gasteiger partial charge in [0.2, 0.25) is 11.8 Å². The normalized spacial score (nSPS) is 22.7. The molecule has 100 valence electrons. The molecule has 4 heteroatoms. The highest BCUT2D eigenvalue weighted by atomic mass is 16.2. The third-order valence-electron chi connectivity index (χ3n) is 4.03. The summed E-state index contributed by atoms with van der Waals surface area (Å²) < 4.78 is 0. The van der Waals surface area contributed by atoms with Gasteiger partial charge in [-0.3, -0.25) is 9.59 Å². The monoisotopic (exact) mass is 258 g/mol. The highest BCUT2D eigenvalue weighted by Crippen LogP contribution is 2.26. The zero-order chi connectivity index (χ0) is 13.2. The molecule has 19 heavy (non-hydrogen) atoms. The van der Waals surface area contributed by atoms with Crippen molar-refractivity contribution in [3.05, 3.63) is 35.4 Å². The summed E-state index contributed by atoms with van der Waals surface area (Å²) in [4.78, 5) is 23.3. The minimum atomic E-state index is 0.0510. The maximum atomic E-state index is 12.2. The first-order valence-corrected chi connectivity index (χ1v) is 6.86. The van der Waals surface area contributed by atoms with Crippen LogP contribution in [0.3, 0.4) is 0 Å². The van der Waals surface area contributed by atoms with Gasteiger partial charge in [0.05, 0.1) is 0 Å². The number of hydrogen-bond acceptors (Lipinski definition) is 2. The second kappa shape index (κ2) is 5.03. The summed E-state index contributed by atoms with van der Waals surface area (Å²) in [6.07, 6.45) is 2.93. The number of rotatable bonds is 2. The Kier molecular flexibility index (Phi) is 3.23. The standard InChI is InChI=1S/C15H18N2O2/c18-14-6-5-13(9-16-14)17-15(19)12-7-10-3-1-2-4-11(10)8-12/h1-4,12-13H,5-9H2,(H,16,18)(H,17,19). The molecule has 0 spiro atoms. The third-order valence-corrected chi connectivity index (χ3v) is 4.03. The molecule has 2 aliphatic rings. The van der Waals surface area contributed by atoms with E-state index in [-0.39, 0.29) is 23.8 Å². The molecule has 1 aromatic carbocycles. The molecule has 1 unspecified atom stereocenters. The van der Waals surface area contributed by atoms with Crippen LogP contribution >= 0.6 is 0 Å². The van der Waals surface area contributed by atoms with Gasteiger partial charge in [-0.05, 0) is 30.4 Å². The number of carbonyl (C=O) groups excluding carboxylic acids is 2. The highest BCUT2D eigenvalue weighted by molar-refractivity contribution is 5.81. The predicted molar refractivity (Wildman–Crippen MR) is 71.5 cm³/mol. The minimum absolute atomic E-state index is 0.0510. The van der Waals surface area contributed by atoms with Crippen molar-refractivity contribution in [2.75, 3.05) is 6.54 Å². The number of carbonyl (C=O) groups is 2. The summed E-state index contributed by atoms with van der Waals surface area (Å²) in [5.41, 5.74) is 2.58. The quantitative estimate of drug-likeness (QED) is 0.824. The summed E-state index contributed by atoms with van der Waals surface area (Å²) >= 11 is 0. The zero-order valence-electron chi connectivity index (χ0n) is 10.8. The van der Waals surface area contributed by atoms with Crippen LogP contribution in [0.25, 0.3) is 0 Å². The molecule has 0 saturated carbocycles. The molecule has 1 aliphatic heterocycles. The largest absolute Gasteiger partial charge is 0.354 e. The minimum Gasteiger partial charge on any atom is -0.354 e. The van der Waals surface area contributed by atoms with Gasteiger partial charge in [-0.15, -0.1) is 0 Å². The van der Waals surface area contributed by atoms with Crippen molar-refractivity contribution in [3.8, 4) is 0 Å². The summed E-state index contributed by atoms with van der Waals surface area (Å²) in [6, 6.07) is 8.34. The molecule has 1 aliphatic carbocycles. The maximum Gasteiger partial charge on any atom is 0.224 e. The van der Waals surface area contributed by atoms with Crippen LogP contribution in [0.4, 0.5) is 0 Å². The molecular formula is C15H18N2O2. The lowest BCUT2D eigenvalue weighted by Gasteiger charge is -2.24. The topological polar surface area (TPSA) is 58.2 Å². The van der Waals surface area contributed by atoms with E-state index in [1.165, 1.54) is 11.1 Å². The van der Waals surface area contributed by atoms with E-state index in [4.69, 9.17) is 0 Å². The van der Waals surface area contributed by atoms with Gasteiger partial charge in [-0.25, -0.2) is 0 Å². The Morgan fingerprint density at radius 3 is 2.47 bits per heavy atom. The number of hydrogen-bond donors (Lipinski definition) is 2. The molecule has 3 rings (SSSR count). The van der Waals surface area contributed by atoms with Crippen molar-refractivity contribution in [2.24, 2.45) is 5.92 Å². The predicted octanol–water partition coefficient (Wildman–Crippen LogP) is 0.796. The van der Waals surface area contributed by atoms with E-state index in [1.807, 2.05) is 12.1 Å². The summed E-state index contributed by atoms with van der Waals surface area (Å²) in [6.45, 7) is 0.560. The maximum absolute atomic E-state index is 12.2. The average Bonchev–Trinajstić information content (AvgIpc) is 2.85. The van der Waals surface area contributed by atoms with Gasteiger partial charge in [0.25, 0.3) is 0 Å². The van der Waals surface area contributed by atoms with Crippen LogP contribution in [-0.2, 0) is 22.4 Å². The smallest absolute Gasteiger partial charge is 0.224 e. The molecule has 1 heterocycles. The van der Waals surface area contributed by atoms with E-state index in [9.17, 15) is 9.59 Å². The Morgan fingerprint density at radius 2 is 1.89 bits per heavy atom. The van der Waals surface area contributed by atoms with E-state index in [0.29, 0.717) is 13.0 Å². The first kappa shape index (κ1) is 12.2. The van der Waals surface area contributed by atoms with Crippen LogP contribution in [0, 0.1) is 5.92 Å². The van der Waals surface area contributed by atoms with Crippen molar-refractivity contribution >= 4 is 11.8 Å². The third kappa shape index (κ3) is 2.62. The first-order chi connectivity index (χ1) is 9.22. The molecule has 1 atom stereocenters. The SMILES string of the molecule is O=C1CCC(NC(=O)C2Cc3ccccc3C2)CN1. The van der Waals surface area contributed by atoms with Gasteiger partial charge in [-0.2, -0.15) is 0 Å². The Bertz CT molecular complexity index is 478. The van der Waals surface area contributed by atoms with Gasteiger partial charge in [0, 0.05) is 24.9 Å². The van der Waals surface area contributed by atoms with Gasteiger partial charge < -0.3 is 10.6 Å². The van der Waals surface area contributed by atoms with Crippen LogP contribution < -0.4 is 10.6 Å². The van der Waals surface area contributed by atoms with Crippen LogP contribution in [0.15, 0.2) is 24.3 Å². The molecule has 1 fully saturated rings.